The number of carbonyl (C=O) groups is 2. The minimum Gasteiger partial charge on any atom is -0.493 e. The van der Waals surface area contributed by atoms with Gasteiger partial charge in [0.05, 0.1) is 13.2 Å². The molecular formula is C17H26ClN3O4S. The van der Waals surface area contributed by atoms with Gasteiger partial charge in [0.2, 0.25) is 5.91 Å². The summed E-state index contributed by atoms with van der Waals surface area (Å²) in [5.41, 5.74) is 6.41. The molecule has 0 aromatic heterocycles. The van der Waals surface area contributed by atoms with E-state index in [0.29, 0.717) is 23.6 Å². The maximum Gasteiger partial charge on any atom is 0.258 e. The van der Waals surface area contributed by atoms with Crippen LogP contribution in [-0.4, -0.2) is 49.6 Å². The lowest BCUT2D eigenvalue weighted by molar-refractivity contribution is -0.123. The van der Waals surface area contributed by atoms with Crippen molar-refractivity contribution in [1.82, 2.24) is 5.32 Å². The van der Waals surface area contributed by atoms with Gasteiger partial charge < -0.3 is 25.8 Å². The van der Waals surface area contributed by atoms with Gasteiger partial charge in [-0.2, -0.15) is 11.8 Å². The molecule has 2 amide bonds. The minimum absolute atomic E-state index is 0. The van der Waals surface area contributed by atoms with E-state index in [2.05, 4.69) is 10.6 Å². The van der Waals surface area contributed by atoms with E-state index in [1.807, 2.05) is 6.26 Å². The Kier molecular flexibility index (Phi) is 9.61. The summed E-state index contributed by atoms with van der Waals surface area (Å²) in [4.78, 5) is 23.9. The van der Waals surface area contributed by atoms with E-state index in [-0.39, 0.29) is 36.9 Å². The molecule has 1 saturated carbocycles. The number of nitrogens with one attached hydrogen (secondary N) is 2. The lowest BCUT2D eigenvalue weighted by Crippen LogP contribution is -2.36. The summed E-state index contributed by atoms with van der Waals surface area (Å²) in [5.74, 6) is 1.28. The molecule has 0 spiro atoms. The highest BCUT2D eigenvalue weighted by molar-refractivity contribution is 7.98. The number of halogens is 1. The van der Waals surface area contributed by atoms with Gasteiger partial charge >= 0.3 is 0 Å². The van der Waals surface area contributed by atoms with Crippen LogP contribution in [0.4, 0.5) is 5.69 Å². The summed E-state index contributed by atoms with van der Waals surface area (Å²) >= 11 is 1.64. The maximum absolute atomic E-state index is 12.1. The number of anilines is 1. The first kappa shape index (κ1) is 22.4. The van der Waals surface area contributed by atoms with E-state index in [1.54, 1.807) is 30.0 Å². The Morgan fingerprint density at radius 2 is 2.08 bits per heavy atom. The third-order valence-electron chi connectivity index (χ3n) is 3.70. The Morgan fingerprint density at radius 1 is 1.35 bits per heavy atom. The number of benzene rings is 1. The van der Waals surface area contributed by atoms with Gasteiger partial charge in [0.1, 0.15) is 0 Å². The normalized spacial score (nSPS) is 14.0. The topological polar surface area (TPSA) is 103 Å². The predicted octanol–water partition coefficient (Wildman–Crippen LogP) is 1.79. The molecule has 1 aliphatic carbocycles. The highest BCUT2D eigenvalue weighted by Crippen LogP contribution is 2.30. The Morgan fingerprint density at radius 3 is 2.69 bits per heavy atom. The number of ether oxygens (including phenoxy) is 2. The smallest absolute Gasteiger partial charge is 0.258 e. The van der Waals surface area contributed by atoms with E-state index >= 15 is 0 Å². The summed E-state index contributed by atoms with van der Waals surface area (Å²) < 4.78 is 10.8. The quantitative estimate of drug-likeness (QED) is 0.550. The van der Waals surface area contributed by atoms with E-state index < -0.39 is 6.04 Å². The SMILES string of the molecule is COc1ccc(NC(=O)[C@@H](N)CCSC)cc1OCC(=O)NC1CC1.Cl. The number of carbonyl (C=O) groups excluding carboxylic acids is 2. The lowest BCUT2D eigenvalue weighted by Gasteiger charge is -2.15. The van der Waals surface area contributed by atoms with Crippen LogP contribution < -0.4 is 25.8 Å². The first-order chi connectivity index (χ1) is 12.0. The second kappa shape index (κ2) is 11.2. The van der Waals surface area contributed by atoms with Crippen molar-refractivity contribution in [2.24, 2.45) is 5.73 Å². The summed E-state index contributed by atoms with van der Waals surface area (Å²) in [7, 11) is 1.52. The fourth-order valence-corrected chi connectivity index (χ4v) is 2.61. The molecule has 1 aromatic rings. The lowest BCUT2D eigenvalue weighted by atomic mass is 10.2. The molecule has 1 aliphatic rings. The Balaban J connectivity index is 0.00000338. The number of rotatable bonds is 10. The Bertz CT molecular complexity index is 614. The average molecular weight is 404 g/mol. The van der Waals surface area contributed by atoms with E-state index in [4.69, 9.17) is 15.2 Å². The molecule has 1 aromatic carbocycles. The van der Waals surface area contributed by atoms with Crippen LogP contribution in [0.2, 0.25) is 0 Å². The number of hydrogen-bond acceptors (Lipinski definition) is 6. The molecule has 1 atom stereocenters. The third kappa shape index (κ3) is 7.31. The van der Waals surface area contributed by atoms with Crippen molar-refractivity contribution >= 4 is 41.7 Å². The molecule has 2 rings (SSSR count). The van der Waals surface area contributed by atoms with E-state index in [1.165, 1.54) is 7.11 Å². The van der Waals surface area contributed by atoms with Gasteiger partial charge in [0, 0.05) is 17.8 Å². The monoisotopic (exact) mass is 403 g/mol. The van der Waals surface area contributed by atoms with Gasteiger partial charge in [-0.25, -0.2) is 0 Å². The molecule has 9 heteroatoms. The van der Waals surface area contributed by atoms with Gasteiger partial charge in [-0.15, -0.1) is 12.4 Å². The Hall–Kier alpha value is -1.64. The number of amides is 2. The fraction of sp³-hybridized carbons (Fsp3) is 0.529. The van der Waals surface area contributed by atoms with Gasteiger partial charge in [-0.05, 0) is 43.4 Å². The summed E-state index contributed by atoms with van der Waals surface area (Å²) in [6.07, 6.45) is 4.62. The predicted molar refractivity (Wildman–Crippen MR) is 107 cm³/mol. The van der Waals surface area contributed by atoms with Crippen molar-refractivity contribution in [3.63, 3.8) is 0 Å². The third-order valence-corrected chi connectivity index (χ3v) is 4.35. The van der Waals surface area contributed by atoms with Crippen molar-refractivity contribution in [3.8, 4) is 11.5 Å². The zero-order valence-electron chi connectivity index (χ0n) is 14.9. The van der Waals surface area contributed by atoms with Gasteiger partial charge in [-0.1, -0.05) is 0 Å². The molecule has 146 valence electrons. The molecule has 0 radical (unpaired) electrons. The van der Waals surface area contributed by atoms with Crippen LogP contribution in [0.5, 0.6) is 11.5 Å². The van der Waals surface area contributed by atoms with Crippen molar-refractivity contribution in [2.75, 3.05) is 31.0 Å². The van der Waals surface area contributed by atoms with Gasteiger partial charge in [-0.3, -0.25) is 9.59 Å². The number of hydrogen-bond donors (Lipinski definition) is 3. The molecule has 7 nitrogen and oxygen atoms in total. The number of methoxy groups -OCH3 is 1. The molecule has 0 unspecified atom stereocenters. The van der Waals surface area contributed by atoms with Crippen LogP contribution >= 0.6 is 24.2 Å². The largest absolute Gasteiger partial charge is 0.493 e. The minimum atomic E-state index is -0.566. The maximum atomic E-state index is 12.1. The molecule has 26 heavy (non-hydrogen) atoms. The zero-order chi connectivity index (χ0) is 18.2. The van der Waals surface area contributed by atoms with Crippen molar-refractivity contribution < 1.29 is 19.1 Å². The van der Waals surface area contributed by atoms with Crippen LogP contribution in [0, 0.1) is 0 Å². The second-order valence-electron chi connectivity index (χ2n) is 5.87. The summed E-state index contributed by atoms with van der Waals surface area (Å²) in [6.45, 7) is -0.0997. The molecule has 4 N–H and O–H groups in total. The van der Waals surface area contributed by atoms with Crippen LogP contribution in [0.1, 0.15) is 19.3 Å². The second-order valence-corrected chi connectivity index (χ2v) is 6.86. The zero-order valence-corrected chi connectivity index (χ0v) is 16.6. The molecule has 0 heterocycles. The van der Waals surface area contributed by atoms with Crippen molar-refractivity contribution in [3.05, 3.63) is 18.2 Å². The highest BCUT2D eigenvalue weighted by Gasteiger charge is 2.23. The number of nitrogens with two attached hydrogens (primary N) is 1. The molecule has 0 aliphatic heterocycles. The first-order valence-electron chi connectivity index (χ1n) is 8.19. The highest BCUT2D eigenvalue weighted by atomic mass is 35.5. The standard InChI is InChI=1S/C17H25N3O4S.ClH/c1-23-14-6-5-12(20-17(22)13(18)7-8-25-2)9-15(14)24-10-16(21)19-11-3-4-11;/h5-6,9,11,13H,3-4,7-8,10,18H2,1-2H3,(H,19,21)(H,20,22);1H/t13-;/m0./s1. The fourth-order valence-electron chi connectivity index (χ4n) is 2.12. The van der Waals surface area contributed by atoms with E-state index in [0.717, 1.165) is 18.6 Å². The Labute approximate surface area is 164 Å². The van der Waals surface area contributed by atoms with Crippen LogP contribution in [0.25, 0.3) is 0 Å². The molecular weight excluding hydrogens is 378 g/mol. The number of thioether (sulfide) groups is 1. The molecule has 0 bridgehead atoms. The molecule has 0 saturated heterocycles. The average Bonchev–Trinajstić information content (AvgIpc) is 3.41. The van der Waals surface area contributed by atoms with Crippen molar-refractivity contribution in [1.29, 1.82) is 0 Å². The van der Waals surface area contributed by atoms with Crippen LogP contribution in [0.3, 0.4) is 0 Å². The van der Waals surface area contributed by atoms with Crippen LogP contribution in [-0.2, 0) is 9.59 Å². The molecule has 1 fully saturated rings. The van der Waals surface area contributed by atoms with Crippen molar-refractivity contribution in [2.45, 2.75) is 31.3 Å². The van der Waals surface area contributed by atoms with E-state index in [9.17, 15) is 9.59 Å². The summed E-state index contributed by atoms with van der Waals surface area (Å²) in [5, 5.41) is 5.61. The summed E-state index contributed by atoms with van der Waals surface area (Å²) in [6, 6.07) is 4.73. The van der Waals surface area contributed by atoms with Gasteiger partial charge in [0.15, 0.2) is 18.1 Å². The van der Waals surface area contributed by atoms with Crippen LogP contribution in [0.15, 0.2) is 18.2 Å². The first-order valence-corrected chi connectivity index (χ1v) is 9.58. The van der Waals surface area contributed by atoms with Gasteiger partial charge in [0.25, 0.3) is 5.91 Å².